The van der Waals surface area contributed by atoms with E-state index < -0.39 is 10.0 Å². The maximum atomic E-state index is 13.0. The molecule has 0 spiro atoms. The van der Waals surface area contributed by atoms with Crippen molar-refractivity contribution in [1.29, 1.82) is 0 Å². The van der Waals surface area contributed by atoms with Crippen molar-refractivity contribution in [3.63, 3.8) is 0 Å². The maximum Gasteiger partial charge on any atom is 0.243 e. The van der Waals surface area contributed by atoms with Crippen LogP contribution in [-0.4, -0.2) is 62.0 Å². The van der Waals surface area contributed by atoms with Gasteiger partial charge in [0.25, 0.3) is 0 Å². The highest BCUT2D eigenvalue weighted by molar-refractivity contribution is 7.89. The van der Waals surface area contributed by atoms with Crippen LogP contribution >= 0.6 is 0 Å². The average Bonchev–Trinajstić information content (AvgIpc) is 3.26. The molecule has 0 radical (unpaired) electrons. The summed E-state index contributed by atoms with van der Waals surface area (Å²) in [5.41, 5.74) is 4.25. The molecule has 35 heavy (non-hydrogen) atoms. The van der Waals surface area contributed by atoms with Crippen molar-refractivity contribution in [2.45, 2.75) is 31.6 Å². The Balaban J connectivity index is 1.43. The van der Waals surface area contributed by atoms with E-state index >= 15 is 0 Å². The lowest BCUT2D eigenvalue weighted by Gasteiger charge is -2.20. The number of ketones is 1. The van der Waals surface area contributed by atoms with E-state index in [2.05, 4.69) is 4.98 Å². The molecule has 0 atom stereocenters. The fourth-order valence-electron chi connectivity index (χ4n) is 3.85. The van der Waals surface area contributed by atoms with E-state index in [0.29, 0.717) is 29.7 Å². The first-order valence-electron chi connectivity index (χ1n) is 11.4. The van der Waals surface area contributed by atoms with Gasteiger partial charge in [-0.3, -0.25) is 4.79 Å². The molecule has 0 amide bonds. The molecule has 0 bridgehead atoms. The van der Waals surface area contributed by atoms with Crippen LogP contribution in [0.25, 0.3) is 11.3 Å². The standard InChI is InChI=1S/C26H33N3O5S/c1-19-14-24(33-5)15-20(2)26(19)35(31,32)29(4)12-13-34-17-23(30)11-8-21-6-9-22(10-7-21)25-16-28(3)18-27-25/h6-7,9-10,14-16,18H,8,11-13,17H2,1-5H3. The number of benzene rings is 2. The number of hydrogen-bond acceptors (Lipinski definition) is 6. The summed E-state index contributed by atoms with van der Waals surface area (Å²) in [5, 5.41) is 0. The van der Waals surface area contributed by atoms with Crippen LogP contribution in [0, 0.1) is 13.8 Å². The zero-order chi connectivity index (χ0) is 25.6. The fourth-order valence-corrected chi connectivity index (χ4v) is 5.41. The number of methoxy groups -OCH3 is 1. The Bertz CT molecular complexity index is 1240. The third kappa shape index (κ3) is 6.78. The topological polar surface area (TPSA) is 90.7 Å². The van der Waals surface area contributed by atoms with Crippen LogP contribution in [-0.2, 0) is 33.0 Å². The summed E-state index contributed by atoms with van der Waals surface area (Å²) in [7, 11) is 1.30. The number of hydrogen-bond donors (Lipinski definition) is 0. The summed E-state index contributed by atoms with van der Waals surface area (Å²) in [4.78, 5) is 16.8. The Morgan fingerprint density at radius 3 is 2.34 bits per heavy atom. The molecule has 0 unspecified atom stereocenters. The highest BCUT2D eigenvalue weighted by Gasteiger charge is 2.25. The number of carbonyl (C=O) groups excluding carboxylic acids is 1. The van der Waals surface area contributed by atoms with Crippen LogP contribution in [0.1, 0.15) is 23.1 Å². The van der Waals surface area contributed by atoms with E-state index in [0.717, 1.165) is 16.8 Å². The zero-order valence-corrected chi connectivity index (χ0v) is 21.8. The normalized spacial score (nSPS) is 11.7. The number of aryl methyl sites for hydroxylation is 4. The van der Waals surface area contributed by atoms with Gasteiger partial charge in [-0.25, -0.2) is 13.4 Å². The Morgan fingerprint density at radius 2 is 1.77 bits per heavy atom. The van der Waals surface area contributed by atoms with E-state index in [-0.39, 0.29) is 30.4 Å². The van der Waals surface area contributed by atoms with Gasteiger partial charge in [-0.1, -0.05) is 24.3 Å². The predicted molar refractivity (Wildman–Crippen MR) is 135 cm³/mol. The minimum atomic E-state index is -3.69. The van der Waals surface area contributed by atoms with Crippen LogP contribution < -0.4 is 4.74 Å². The molecule has 8 nitrogen and oxygen atoms in total. The SMILES string of the molecule is COc1cc(C)c(S(=O)(=O)N(C)CCOCC(=O)CCc2ccc(-c3cn(C)cn3)cc2)c(C)c1. The molecule has 3 rings (SSSR count). The number of rotatable bonds is 12. The van der Waals surface area contributed by atoms with Crippen molar-refractivity contribution in [1.82, 2.24) is 13.9 Å². The molecule has 0 aliphatic carbocycles. The van der Waals surface area contributed by atoms with Gasteiger partial charge in [-0.05, 0) is 49.1 Å². The average molecular weight is 500 g/mol. The van der Waals surface area contributed by atoms with Crippen LogP contribution in [0.3, 0.4) is 0 Å². The van der Waals surface area contributed by atoms with Crippen molar-refractivity contribution >= 4 is 15.8 Å². The van der Waals surface area contributed by atoms with Crippen molar-refractivity contribution in [2.24, 2.45) is 7.05 Å². The van der Waals surface area contributed by atoms with E-state index in [1.54, 1.807) is 39.4 Å². The monoisotopic (exact) mass is 499 g/mol. The zero-order valence-electron chi connectivity index (χ0n) is 20.9. The molecular weight excluding hydrogens is 466 g/mol. The van der Waals surface area contributed by atoms with Crippen molar-refractivity contribution in [3.05, 3.63) is 65.6 Å². The van der Waals surface area contributed by atoms with Crippen molar-refractivity contribution in [3.8, 4) is 17.0 Å². The van der Waals surface area contributed by atoms with Gasteiger partial charge < -0.3 is 14.0 Å². The molecule has 1 heterocycles. The van der Waals surface area contributed by atoms with Gasteiger partial charge in [0.1, 0.15) is 12.4 Å². The number of imidazole rings is 1. The Labute approximate surface area is 207 Å². The van der Waals surface area contributed by atoms with Gasteiger partial charge in [0.2, 0.25) is 10.0 Å². The number of sulfonamides is 1. The first-order valence-corrected chi connectivity index (χ1v) is 12.8. The first-order chi connectivity index (χ1) is 16.6. The number of likely N-dealkylation sites (N-methyl/N-ethyl adjacent to an activating group) is 1. The highest BCUT2D eigenvalue weighted by Crippen LogP contribution is 2.27. The Hall–Kier alpha value is -3.01. The quantitative estimate of drug-likeness (QED) is 0.354. The minimum Gasteiger partial charge on any atom is -0.497 e. The molecule has 2 aromatic carbocycles. The molecule has 0 N–H and O–H groups in total. The Morgan fingerprint density at radius 1 is 1.11 bits per heavy atom. The molecule has 0 saturated heterocycles. The lowest BCUT2D eigenvalue weighted by molar-refractivity contribution is -0.123. The summed E-state index contributed by atoms with van der Waals surface area (Å²) in [5.74, 6) is 0.596. The van der Waals surface area contributed by atoms with Gasteiger partial charge in [0.15, 0.2) is 5.78 Å². The number of nitrogens with zero attached hydrogens (tertiary/aromatic N) is 3. The maximum absolute atomic E-state index is 13.0. The van der Waals surface area contributed by atoms with E-state index in [9.17, 15) is 13.2 Å². The van der Waals surface area contributed by atoms with Gasteiger partial charge >= 0.3 is 0 Å². The molecule has 0 fully saturated rings. The first kappa shape index (κ1) is 26.6. The van der Waals surface area contributed by atoms with Crippen LogP contribution in [0.5, 0.6) is 5.75 Å². The summed E-state index contributed by atoms with van der Waals surface area (Å²) in [6.45, 7) is 3.74. The van der Waals surface area contributed by atoms with E-state index in [1.807, 2.05) is 42.1 Å². The second-order valence-corrected chi connectivity index (χ2v) is 10.6. The molecule has 188 valence electrons. The molecule has 0 aliphatic rings. The predicted octanol–water partition coefficient (Wildman–Crippen LogP) is 3.55. The molecule has 9 heteroatoms. The largest absolute Gasteiger partial charge is 0.497 e. The van der Waals surface area contributed by atoms with Gasteiger partial charge in [0.05, 0.1) is 30.6 Å². The van der Waals surface area contributed by atoms with Crippen LogP contribution in [0.15, 0.2) is 53.8 Å². The van der Waals surface area contributed by atoms with Crippen molar-refractivity contribution < 1.29 is 22.7 Å². The molecular formula is C26H33N3O5S. The number of Topliss-reactive ketones (excluding diaryl/α,β-unsaturated/α-hetero) is 1. The van der Waals surface area contributed by atoms with Gasteiger partial charge in [-0.2, -0.15) is 4.31 Å². The molecule has 0 aliphatic heterocycles. The van der Waals surface area contributed by atoms with E-state index in [4.69, 9.17) is 9.47 Å². The van der Waals surface area contributed by atoms with E-state index in [1.165, 1.54) is 11.4 Å². The summed E-state index contributed by atoms with van der Waals surface area (Å²) in [6.07, 6.45) is 4.70. The minimum absolute atomic E-state index is 0.0221. The smallest absolute Gasteiger partial charge is 0.243 e. The summed E-state index contributed by atoms with van der Waals surface area (Å²) < 4.78 is 39.9. The second kappa shape index (κ2) is 11.6. The number of carbonyl (C=O) groups is 1. The summed E-state index contributed by atoms with van der Waals surface area (Å²) in [6, 6.07) is 11.4. The number of ether oxygens (including phenoxy) is 2. The second-order valence-electron chi connectivity index (χ2n) is 8.63. The van der Waals surface area contributed by atoms with Crippen LogP contribution in [0.4, 0.5) is 0 Å². The summed E-state index contributed by atoms with van der Waals surface area (Å²) >= 11 is 0. The number of aromatic nitrogens is 2. The molecule has 1 aromatic heterocycles. The lowest BCUT2D eigenvalue weighted by Crippen LogP contribution is -2.31. The highest BCUT2D eigenvalue weighted by atomic mass is 32.2. The third-order valence-corrected chi connectivity index (χ3v) is 7.96. The van der Waals surface area contributed by atoms with Crippen molar-refractivity contribution in [2.75, 3.05) is 33.9 Å². The third-order valence-electron chi connectivity index (χ3n) is 5.80. The fraction of sp³-hybridized carbons (Fsp3) is 0.385. The molecule has 0 saturated carbocycles. The molecule has 3 aromatic rings. The van der Waals surface area contributed by atoms with Gasteiger partial charge in [-0.15, -0.1) is 0 Å². The van der Waals surface area contributed by atoms with Crippen LogP contribution in [0.2, 0.25) is 0 Å². The Kier molecular flexibility index (Phi) is 8.82. The lowest BCUT2D eigenvalue weighted by atomic mass is 10.0. The van der Waals surface area contributed by atoms with Gasteiger partial charge in [0, 0.05) is 38.8 Å².